The topological polar surface area (TPSA) is 110 Å². The quantitative estimate of drug-likeness (QED) is 0.713. The van der Waals surface area contributed by atoms with Crippen LogP contribution in [-0.4, -0.2) is 22.1 Å². The molecule has 0 spiro atoms. The SMILES string of the molecule is Cc1cc(C(=O)NNC(=O)c2c(-c3ccccc3)noc2C)no1. The number of aromatic nitrogens is 2. The average Bonchev–Trinajstić information content (AvgIpc) is 3.19. The lowest BCUT2D eigenvalue weighted by atomic mass is 10.1. The van der Waals surface area contributed by atoms with Gasteiger partial charge in [-0.3, -0.25) is 20.4 Å². The van der Waals surface area contributed by atoms with Crippen LogP contribution in [0.1, 0.15) is 32.4 Å². The highest BCUT2D eigenvalue weighted by molar-refractivity contribution is 6.02. The third-order valence-corrected chi connectivity index (χ3v) is 3.29. The molecule has 0 bridgehead atoms. The number of hydrogen-bond acceptors (Lipinski definition) is 6. The second-order valence-electron chi connectivity index (χ2n) is 5.06. The molecule has 0 fully saturated rings. The van der Waals surface area contributed by atoms with Crippen LogP contribution >= 0.6 is 0 Å². The van der Waals surface area contributed by atoms with E-state index in [0.29, 0.717) is 17.2 Å². The van der Waals surface area contributed by atoms with E-state index in [-0.39, 0.29) is 11.3 Å². The first kappa shape index (κ1) is 15.5. The van der Waals surface area contributed by atoms with Gasteiger partial charge in [-0.15, -0.1) is 0 Å². The van der Waals surface area contributed by atoms with E-state index in [4.69, 9.17) is 9.05 Å². The zero-order chi connectivity index (χ0) is 17.1. The van der Waals surface area contributed by atoms with E-state index >= 15 is 0 Å². The zero-order valence-corrected chi connectivity index (χ0v) is 13.0. The van der Waals surface area contributed by atoms with E-state index in [1.807, 2.05) is 30.3 Å². The first-order valence-corrected chi connectivity index (χ1v) is 7.12. The Morgan fingerprint density at radius 2 is 1.67 bits per heavy atom. The minimum Gasteiger partial charge on any atom is -0.361 e. The van der Waals surface area contributed by atoms with Gasteiger partial charge in [-0.05, 0) is 13.8 Å². The predicted octanol–water partition coefficient (Wildman–Crippen LogP) is 2.02. The number of rotatable bonds is 3. The predicted molar refractivity (Wildman–Crippen MR) is 82.8 cm³/mol. The van der Waals surface area contributed by atoms with Crippen LogP contribution in [0.15, 0.2) is 45.4 Å². The summed E-state index contributed by atoms with van der Waals surface area (Å²) in [7, 11) is 0. The van der Waals surface area contributed by atoms with Crippen molar-refractivity contribution in [3.8, 4) is 11.3 Å². The Kier molecular flexibility index (Phi) is 4.11. The van der Waals surface area contributed by atoms with Crippen LogP contribution in [0.5, 0.6) is 0 Å². The molecule has 0 saturated carbocycles. The monoisotopic (exact) mass is 326 g/mol. The van der Waals surface area contributed by atoms with Crippen LogP contribution in [0.25, 0.3) is 11.3 Å². The van der Waals surface area contributed by atoms with Gasteiger partial charge in [-0.25, -0.2) is 0 Å². The maximum absolute atomic E-state index is 12.4. The van der Waals surface area contributed by atoms with Crippen molar-refractivity contribution in [1.82, 2.24) is 21.2 Å². The van der Waals surface area contributed by atoms with Crippen molar-refractivity contribution in [2.24, 2.45) is 0 Å². The number of nitrogens with zero attached hydrogens (tertiary/aromatic N) is 2. The van der Waals surface area contributed by atoms with E-state index in [0.717, 1.165) is 5.56 Å². The van der Waals surface area contributed by atoms with Crippen molar-refractivity contribution in [3.05, 3.63) is 59.2 Å². The molecule has 3 aromatic rings. The van der Waals surface area contributed by atoms with E-state index in [2.05, 4.69) is 21.2 Å². The molecular formula is C16H14N4O4. The third kappa shape index (κ3) is 3.02. The first-order valence-electron chi connectivity index (χ1n) is 7.12. The summed E-state index contributed by atoms with van der Waals surface area (Å²) in [6, 6.07) is 10.6. The van der Waals surface area contributed by atoms with Crippen molar-refractivity contribution in [2.75, 3.05) is 0 Å². The van der Waals surface area contributed by atoms with E-state index in [9.17, 15) is 9.59 Å². The molecule has 2 N–H and O–H groups in total. The van der Waals surface area contributed by atoms with E-state index in [1.54, 1.807) is 13.8 Å². The Balaban J connectivity index is 1.76. The summed E-state index contributed by atoms with van der Waals surface area (Å²) in [4.78, 5) is 24.3. The van der Waals surface area contributed by atoms with Crippen LogP contribution in [0.2, 0.25) is 0 Å². The molecule has 2 amide bonds. The summed E-state index contributed by atoms with van der Waals surface area (Å²) < 4.78 is 9.93. The van der Waals surface area contributed by atoms with E-state index < -0.39 is 11.8 Å². The van der Waals surface area contributed by atoms with Gasteiger partial charge in [0.15, 0.2) is 5.69 Å². The molecule has 3 rings (SSSR count). The van der Waals surface area contributed by atoms with Gasteiger partial charge in [0.05, 0.1) is 0 Å². The number of amides is 2. The van der Waals surface area contributed by atoms with Crippen LogP contribution in [0, 0.1) is 13.8 Å². The molecule has 0 atom stereocenters. The lowest BCUT2D eigenvalue weighted by Crippen LogP contribution is -2.42. The molecule has 0 aliphatic heterocycles. The van der Waals surface area contributed by atoms with E-state index in [1.165, 1.54) is 6.07 Å². The summed E-state index contributed by atoms with van der Waals surface area (Å²) in [5, 5.41) is 7.49. The highest BCUT2D eigenvalue weighted by Gasteiger charge is 2.22. The third-order valence-electron chi connectivity index (χ3n) is 3.29. The molecule has 0 saturated heterocycles. The van der Waals surface area contributed by atoms with Gasteiger partial charge >= 0.3 is 0 Å². The highest BCUT2D eigenvalue weighted by atomic mass is 16.5. The minimum atomic E-state index is -0.587. The van der Waals surface area contributed by atoms with Gasteiger partial charge < -0.3 is 9.05 Å². The summed E-state index contributed by atoms with van der Waals surface area (Å²) in [5.74, 6) is -0.289. The number of hydrazine groups is 1. The highest BCUT2D eigenvalue weighted by Crippen LogP contribution is 2.24. The molecule has 8 nitrogen and oxygen atoms in total. The maximum Gasteiger partial charge on any atom is 0.291 e. The number of aryl methyl sites for hydroxylation is 2. The summed E-state index contributed by atoms with van der Waals surface area (Å²) in [5.41, 5.74) is 6.05. The molecule has 2 heterocycles. The van der Waals surface area contributed by atoms with Crippen molar-refractivity contribution in [1.29, 1.82) is 0 Å². The normalized spacial score (nSPS) is 10.4. The largest absolute Gasteiger partial charge is 0.361 e. The molecule has 0 radical (unpaired) electrons. The van der Waals surface area contributed by atoms with Gasteiger partial charge in [-0.2, -0.15) is 0 Å². The van der Waals surface area contributed by atoms with Crippen LogP contribution < -0.4 is 10.9 Å². The summed E-state index contributed by atoms with van der Waals surface area (Å²) in [6.45, 7) is 3.28. The van der Waals surface area contributed by atoms with Crippen LogP contribution in [0.4, 0.5) is 0 Å². The smallest absolute Gasteiger partial charge is 0.291 e. The van der Waals surface area contributed by atoms with Crippen molar-refractivity contribution < 1.29 is 18.6 Å². The van der Waals surface area contributed by atoms with Crippen molar-refractivity contribution in [2.45, 2.75) is 13.8 Å². The average molecular weight is 326 g/mol. The molecule has 0 aliphatic carbocycles. The number of hydrogen-bond donors (Lipinski definition) is 2. The fourth-order valence-electron chi connectivity index (χ4n) is 2.15. The Labute approximate surface area is 136 Å². The Morgan fingerprint density at radius 3 is 2.33 bits per heavy atom. The van der Waals surface area contributed by atoms with Crippen LogP contribution in [-0.2, 0) is 0 Å². The zero-order valence-electron chi connectivity index (χ0n) is 13.0. The van der Waals surface area contributed by atoms with Gasteiger partial charge in [0, 0.05) is 11.6 Å². The van der Waals surface area contributed by atoms with Crippen molar-refractivity contribution >= 4 is 11.8 Å². The Morgan fingerprint density at radius 1 is 0.958 bits per heavy atom. The Bertz CT molecular complexity index is 883. The van der Waals surface area contributed by atoms with Crippen LogP contribution in [0.3, 0.4) is 0 Å². The number of nitrogens with one attached hydrogen (secondary N) is 2. The second kappa shape index (κ2) is 6.37. The van der Waals surface area contributed by atoms with Gasteiger partial charge in [0.25, 0.3) is 11.8 Å². The fourth-order valence-corrected chi connectivity index (χ4v) is 2.15. The molecular weight excluding hydrogens is 312 g/mol. The molecule has 2 aromatic heterocycles. The fraction of sp³-hybridized carbons (Fsp3) is 0.125. The maximum atomic E-state index is 12.4. The lowest BCUT2D eigenvalue weighted by molar-refractivity contribution is 0.0841. The van der Waals surface area contributed by atoms with Gasteiger partial charge in [0.2, 0.25) is 0 Å². The lowest BCUT2D eigenvalue weighted by Gasteiger charge is -2.06. The summed E-state index contributed by atoms with van der Waals surface area (Å²) in [6.07, 6.45) is 0. The number of carbonyl (C=O) groups is 2. The molecule has 24 heavy (non-hydrogen) atoms. The molecule has 0 aliphatic rings. The minimum absolute atomic E-state index is 0.0677. The van der Waals surface area contributed by atoms with Gasteiger partial charge in [-0.1, -0.05) is 40.6 Å². The first-order chi connectivity index (χ1) is 11.6. The Hall–Kier alpha value is -3.42. The summed E-state index contributed by atoms with van der Waals surface area (Å²) >= 11 is 0. The molecule has 1 aromatic carbocycles. The number of carbonyl (C=O) groups excluding carboxylic acids is 2. The van der Waals surface area contributed by atoms with Crippen molar-refractivity contribution in [3.63, 3.8) is 0 Å². The number of benzene rings is 1. The molecule has 8 heteroatoms. The molecule has 122 valence electrons. The second-order valence-corrected chi connectivity index (χ2v) is 5.06. The van der Waals surface area contributed by atoms with Gasteiger partial charge in [0.1, 0.15) is 22.8 Å². The standard InChI is InChI=1S/C16H14N4O4/c1-9-8-12(19-23-9)15(21)17-18-16(22)13-10(2)24-20-14(13)11-6-4-3-5-7-11/h3-8H,1-2H3,(H,17,21)(H,18,22). The molecule has 0 unspecified atom stereocenters.